The van der Waals surface area contributed by atoms with Crippen molar-refractivity contribution in [3.63, 3.8) is 0 Å². The number of benzene rings is 2. The van der Waals surface area contributed by atoms with Crippen LogP contribution in [0.1, 0.15) is 20.3 Å². The van der Waals surface area contributed by atoms with E-state index in [1.54, 1.807) is 6.07 Å². The van der Waals surface area contributed by atoms with Crippen LogP contribution in [0.25, 0.3) is 0 Å². The molecule has 3 nitrogen and oxygen atoms in total. The molecule has 0 aliphatic heterocycles. The minimum atomic E-state index is -0.261. The van der Waals surface area contributed by atoms with Gasteiger partial charge in [0.15, 0.2) is 0 Å². The number of halogens is 1. The van der Waals surface area contributed by atoms with Crippen LogP contribution in [0.2, 0.25) is 0 Å². The molecular formula is C17H21FN2O. The smallest absolute Gasteiger partial charge is 0.144 e. The molecule has 0 saturated heterocycles. The van der Waals surface area contributed by atoms with Crippen molar-refractivity contribution in [3.05, 3.63) is 48.3 Å². The summed E-state index contributed by atoms with van der Waals surface area (Å²) in [5.74, 6) is 0.409. The van der Waals surface area contributed by atoms with Gasteiger partial charge < -0.3 is 15.4 Å². The molecule has 0 bridgehead atoms. The number of nitrogens with two attached hydrogens (primary N) is 1. The highest BCUT2D eigenvalue weighted by molar-refractivity contribution is 5.79. The highest BCUT2D eigenvalue weighted by Crippen LogP contribution is 2.36. The Morgan fingerprint density at radius 2 is 1.90 bits per heavy atom. The maximum atomic E-state index is 13.4. The lowest BCUT2D eigenvalue weighted by Crippen LogP contribution is -2.18. The molecule has 0 heterocycles. The number of rotatable bonds is 6. The van der Waals surface area contributed by atoms with Gasteiger partial charge in [-0.3, -0.25) is 0 Å². The molecule has 2 N–H and O–H groups in total. The van der Waals surface area contributed by atoms with Crippen LogP contribution in [0.3, 0.4) is 0 Å². The SMILES string of the molecule is CCCOc1cccc(N(CC)c2cccc(F)c2)c1N. The maximum Gasteiger partial charge on any atom is 0.144 e. The van der Waals surface area contributed by atoms with Crippen LogP contribution >= 0.6 is 0 Å². The number of hydrogen-bond donors (Lipinski definition) is 1. The third-order valence-corrected chi connectivity index (χ3v) is 3.23. The summed E-state index contributed by atoms with van der Waals surface area (Å²) in [7, 11) is 0. The summed E-state index contributed by atoms with van der Waals surface area (Å²) in [6.07, 6.45) is 0.922. The molecule has 112 valence electrons. The molecule has 2 aromatic carbocycles. The number of nitrogens with zero attached hydrogens (tertiary/aromatic N) is 1. The van der Waals surface area contributed by atoms with Crippen molar-refractivity contribution < 1.29 is 9.13 Å². The molecule has 0 aliphatic rings. The van der Waals surface area contributed by atoms with E-state index in [0.29, 0.717) is 24.6 Å². The van der Waals surface area contributed by atoms with Gasteiger partial charge in [-0.25, -0.2) is 4.39 Å². The molecule has 2 rings (SSSR count). The van der Waals surface area contributed by atoms with Gasteiger partial charge in [-0.2, -0.15) is 0 Å². The fourth-order valence-corrected chi connectivity index (χ4v) is 2.24. The third kappa shape index (κ3) is 3.45. The van der Waals surface area contributed by atoms with E-state index in [9.17, 15) is 4.39 Å². The van der Waals surface area contributed by atoms with E-state index < -0.39 is 0 Å². The largest absolute Gasteiger partial charge is 0.491 e. The van der Waals surface area contributed by atoms with Crippen molar-refractivity contribution in [2.24, 2.45) is 0 Å². The van der Waals surface area contributed by atoms with Gasteiger partial charge in [0.2, 0.25) is 0 Å². The second kappa shape index (κ2) is 6.97. The average molecular weight is 288 g/mol. The zero-order chi connectivity index (χ0) is 15.2. The quantitative estimate of drug-likeness (QED) is 0.803. The first kappa shape index (κ1) is 15.2. The molecule has 2 aromatic rings. The monoisotopic (exact) mass is 288 g/mol. The molecule has 21 heavy (non-hydrogen) atoms. The Morgan fingerprint density at radius 3 is 2.57 bits per heavy atom. The molecule has 0 saturated carbocycles. The Hall–Kier alpha value is -2.23. The summed E-state index contributed by atoms with van der Waals surface area (Å²) >= 11 is 0. The zero-order valence-electron chi connectivity index (χ0n) is 12.5. The first-order chi connectivity index (χ1) is 10.2. The maximum absolute atomic E-state index is 13.4. The predicted octanol–water partition coefficient (Wildman–Crippen LogP) is 4.35. The van der Waals surface area contributed by atoms with Crippen LogP contribution in [0.15, 0.2) is 42.5 Å². The summed E-state index contributed by atoms with van der Waals surface area (Å²) in [5, 5.41) is 0. The lowest BCUT2D eigenvalue weighted by Gasteiger charge is -2.25. The van der Waals surface area contributed by atoms with Gasteiger partial charge in [-0.05, 0) is 43.7 Å². The third-order valence-electron chi connectivity index (χ3n) is 3.23. The van der Waals surface area contributed by atoms with Crippen LogP contribution in [0, 0.1) is 5.82 Å². The summed E-state index contributed by atoms with van der Waals surface area (Å²) < 4.78 is 19.1. The van der Waals surface area contributed by atoms with Crippen molar-refractivity contribution in [3.8, 4) is 5.75 Å². The fraction of sp³-hybridized carbons (Fsp3) is 0.294. The van der Waals surface area contributed by atoms with Crippen molar-refractivity contribution in [2.75, 3.05) is 23.8 Å². The van der Waals surface area contributed by atoms with Gasteiger partial charge >= 0.3 is 0 Å². The minimum Gasteiger partial charge on any atom is -0.491 e. The molecular weight excluding hydrogens is 267 g/mol. The molecule has 0 aliphatic carbocycles. The van der Waals surface area contributed by atoms with Crippen LogP contribution in [0.5, 0.6) is 5.75 Å². The standard InChI is InChI=1S/C17H21FN2O/c1-3-11-21-16-10-6-9-15(17(16)19)20(4-2)14-8-5-7-13(18)12-14/h5-10,12H,3-4,11,19H2,1-2H3. The van der Waals surface area contributed by atoms with Gasteiger partial charge in [0.05, 0.1) is 18.0 Å². The first-order valence-electron chi connectivity index (χ1n) is 7.21. The molecule has 0 fully saturated rings. The van der Waals surface area contributed by atoms with Crippen LogP contribution < -0.4 is 15.4 Å². The topological polar surface area (TPSA) is 38.5 Å². The van der Waals surface area contributed by atoms with E-state index in [1.165, 1.54) is 12.1 Å². The molecule has 0 atom stereocenters. The number of anilines is 3. The molecule has 0 unspecified atom stereocenters. The zero-order valence-corrected chi connectivity index (χ0v) is 12.5. The Morgan fingerprint density at radius 1 is 1.14 bits per heavy atom. The number of nitrogen functional groups attached to an aromatic ring is 1. The van der Waals surface area contributed by atoms with Crippen molar-refractivity contribution in [1.29, 1.82) is 0 Å². The van der Waals surface area contributed by atoms with Crippen LogP contribution in [0.4, 0.5) is 21.5 Å². The molecule has 0 radical (unpaired) electrons. The normalized spacial score (nSPS) is 10.4. The fourth-order valence-electron chi connectivity index (χ4n) is 2.24. The van der Waals surface area contributed by atoms with Crippen LogP contribution in [-0.2, 0) is 0 Å². The summed E-state index contributed by atoms with van der Waals surface area (Å²) in [5.41, 5.74) is 8.40. The average Bonchev–Trinajstić information content (AvgIpc) is 2.48. The summed E-state index contributed by atoms with van der Waals surface area (Å²) in [4.78, 5) is 1.97. The highest BCUT2D eigenvalue weighted by Gasteiger charge is 2.14. The summed E-state index contributed by atoms with van der Waals surface area (Å²) in [6, 6.07) is 12.2. The lowest BCUT2D eigenvalue weighted by atomic mass is 10.2. The van der Waals surface area contributed by atoms with E-state index >= 15 is 0 Å². The van der Waals surface area contributed by atoms with Gasteiger partial charge in [-0.1, -0.05) is 19.1 Å². The first-order valence-corrected chi connectivity index (χ1v) is 7.21. The van der Waals surface area contributed by atoms with E-state index in [1.807, 2.05) is 43.0 Å². The van der Waals surface area contributed by atoms with E-state index in [2.05, 4.69) is 0 Å². The number of hydrogen-bond acceptors (Lipinski definition) is 3. The van der Waals surface area contributed by atoms with Gasteiger partial charge in [0, 0.05) is 12.2 Å². The second-order valence-corrected chi connectivity index (χ2v) is 4.76. The Kier molecular flexibility index (Phi) is 5.04. The number of para-hydroxylation sites is 1. The number of ether oxygens (including phenoxy) is 1. The molecule has 0 amide bonds. The van der Waals surface area contributed by atoms with Crippen LogP contribution in [-0.4, -0.2) is 13.2 Å². The minimum absolute atomic E-state index is 0.261. The van der Waals surface area contributed by atoms with E-state index in [4.69, 9.17) is 10.5 Å². The van der Waals surface area contributed by atoms with Gasteiger partial charge in [-0.15, -0.1) is 0 Å². The van der Waals surface area contributed by atoms with Crippen molar-refractivity contribution in [1.82, 2.24) is 0 Å². The second-order valence-electron chi connectivity index (χ2n) is 4.76. The predicted molar refractivity (Wildman–Crippen MR) is 85.7 cm³/mol. The summed E-state index contributed by atoms with van der Waals surface area (Å²) in [6.45, 7) is 5.36. The van der Waals surface area contributed by atoms with E-state index in [-0.39, 0.29) is 5.82 Å². The lowest BCUT2D eigenvalue weighted by molar-refractivity contribution is 0.319. The Labute approximate surface area is 125 Å². The molecule has 4 heteroatoms. The van der Waals surface area contributed by atoms with Gasteiger partial charge in [0.25, 0.3) is 0 Å². The van der Waals surface area contributed by atoms with E-state index in [0.717, 1.165) is 17.8 Å². The molecule has 0 spiro atoms. The van der Waals surface area contributed by atoms with Crippen molar-refractivity contribution in [2.45, 2.75) is 20.3 Å². The van der Waals surface area contributed by atoms with Gasteiger partial charge in [0.1, 0.15) is 11.6 Å². The Balaban J connectivity index is 2.38. The Bertz CT molecular complexity index is 601. The highest BCUT2D eigenvalue weighted by atomic mass is 19.1. The molecule has 0 aromatic heterocycles. The van der Waals surface area contributed by atoms with Crippen molar-refractivity contribution >= 4 is 17.1 Å².